The monoisotopic (exact) mass is 280 g/mol. The van der Waals surface area contributed by atoms with Gasteiger partial charge in [0.15, 0.2) is 0 Å². The standard InChI is InChI=1S/C14H24N4S/c1-4-15-12-9-13(16-8-7-10(2)19-3)18-14(17-12)11-5-6-11/h9-11H,4-8H2,1-3H3,(H2,15,16,17,18). The highest BCUT2D eigenvalue weighted by Gasteiger charge is 2.27. The van der Waals surface area contributed by atoms with Crippen LogP contribution >= 0.6 is 11.8 Å². The minimum Gasteiger partial charge on any atom is -0.370 e. The van der Waals surface area contributed by atoms with Gasteiger partial charge in [-0.05, 0) is 32.4 Å². The quantitative estimate of drug-likeness (QED) is 0.765. The van der Waals surface area contributed by atoms with E-state index in [1.165, 1.54) is 12.8 Å². The van der Waals surface area contributed by atoms with Crippen molar-refractivity contribution in [2.24, 2.45) is 0 Å². The van der Waals surface area contributed by atoms with Crippen LogP contribution in [-0.2, 0) is 0 Å². The van der Waals surface area contributed by atoms with Crippen LogP contribution in [0.5, 0.6) is 0 Å². The molecule has 1 aliphatic carbocycles. The lowest BCUT2D eigenvalue weighted by atomic mass is 10.3. The van der Waals surface area contributed by atoms with Crippen molar-refractivity contribution in [3.8, 4) is 0 Å². The van der Waals surface area contributed by atoms with Gasteiger partial charge in [-0.3, -0.25) is 0 Å². The highest BCUT2D eigenvalue weighted by Crippen LogP contribution is 2.38. The van der Waals surface area contributed by atoms with Crippen molar-refractivity contribution in [1.82, 2.24) is 9.97 Å². The van der Waals surface area contributed by atoms with Crippen molar-refractivity contribution >= 4 is 23.4 Å². The average molecular weight is 280 g/mol. The molecular weight excluding hydrogens is 256 g/mol. The van der Waals surface area contributed by atoms with Crippen molar-refractivity contribution in [2.75, 3.05) is 30.0 Å². The maximum Gasteiger partial charge on any atom is 0.136 e. The van der Waals surface area contributed by atoms with Gasteiger partial charge in [0, 0.05) is 30.3 Å². The molecule has 5 heteroatoms. The Morgan fingerprint density at radius 1 is 1.32 bits per heavy atom. The summed E-state index contributed by atoms with van der Waals surface area (Å²) in [6, 6.07) is 2.01. The Kier molecular flexibility index (Phi) is 5.31. The van der Waals surface area contributed by atoms with Crippen molar-refractivity contribution in [1.29, 1.82) is 0 Å². The number of thioether (sulfide) groups is 1. The molecule has 0 amide bonds. The van der Waals surface area contributed by atoms with Crippen LogP contribution in [0.4, 0.5) is 11.6 Å². The summed E-state index contributed by atoms with van der Waals surface area (Å²) in [4.78, 5) is 9.21. The normalized spacial score (nSPS) is 16.2. The van der Waals surface area contributed by atoms with E-state index in [0.29, 0.717) is 11.2 Å². The zero-order chi connectivity index (χ0) is 13.7. The zero-order valence-electron chi connectivity index (χ0n) is 12.1. The molecule has 19 heavy (non-hydrogen) atoms. The van der Waals surface area contributed by atoms with E-state index in [0.717, 1.165) is 37.0 Å². The number of hydrogen-bond donors (Lipinski definition) is 2. The van der Waals surface area contributed by atoms with Crippen LogP contribution in [0, 0.1) is 0 Å². The molecule has 1 aromatic heterocycles. The molecule has 0 bridgehead atoms. The van der Waals surface area contributed by atoms with E-state index >= 15 is 0 Å². The molecule has 1 fully saturated rings. The number of aromatic nitrogens is 2. The summed E-state index contributed by atoms with van der Waals surface area (Å²) >= 11 is 1.90. The van der Waals surface area contributed by atoms with Gasteiger partial charge in [0.1, 0.15) is 17.5 Å². The van der Waals surface area contributed by atoms with E-state index in [9.17, 15) is 0 Å². The van der Waals surface area contributed by atoms with Crippen molar-refractivity contribution in [3.63, 3.8) is 0 Å². The van der Waals surface area contributed by atoms with Gasteiger partial charge in [-0.1, -0.05) is 6.92 Å². The van der Waals surface area contributed by atoms with Crippen molar-refractivity contribution < 1.29 is 0 Å². The number of nitrogens with one attached hydrogen (secondary N) is 2. The van der Waals surface area contributed by atoms with E-state index in [1.54, 1.807) is 0 Å². The molecule has 1 atom stereocenters. The molecule has 1 unspecified atom stereocenters. The van der Waals surface area contributed by atoms with Crippen LogP contribution < -0.4 is 10.6 Å². The lowest BCUT2D eigenvalue weighted by Crippen LogP contribution is -2.11. The Morgan fingerprint density at radius 2 is 2.00 bits per heavy atom. The maximum absolute atomic E-state index is 4.63. The summed E-state index contributed by atoms with van der Waals surface area (Å²) in [5.41, 5.74) is 0. The first-order valence-corrected chi connectivity index (χ1v) is 8.41. The van der Waals surface area contributed by atoms with Gasteiger partial charge in [0.2, 0.25) is 0 Å². The second-order valence-corrected chi connectivity index (χ2v) is 6.34. The van der Waals surface area contributed by atoms with Gasteiger partial charge in [-0.15, -0.1) is 0 Å². The molecule has 2 rings (SSSR count). The molecule has 0 aromatic carbocycles. The van der Waals surface area contributed by atoms with E-state index in [4.69, 9.17) is 0 Å². The smallest absolute Gasteiger partial charge is 0.136 e. The number of nitrogens with zero attached hydrogens (tertiary/aromatic N) is 2. The summed E-state index contributed by atoms with van der Waals surface area (Å²) in [6.07, 6.45) is 5.78. The molecule has 0 aliphatic heterocycles. The molecule has 0 radical (unpaired) electrons. The van der Waals surface area contributed by atoms with Crippen molar-refractivity contribution in [3.05, 3.63) is 11.9 Å². The minimum absolute atomic E-state index is 0.587. The van der Waals surface area contributed by atoms with Gasteiger partial charge in [-0.25, -0.2) is 9.97 Å². The SMILES string of the molecule is CCNc1cc(NCCC(C)SC)nc(C2CC2)n1. The van der Waals surface area contributed by atoms with Crippen LogP contribution in [0.15, 0.2) is 6.07 Å². The lowest BCUT2D eigenvalue weighted by molar-refractivity contribution is 0.843. The third kappa shape index (κ3) is 4.56. The first-order valence-electron chi connectivity index (χ1n) is 7.12. The fourth-order valence-corrected chi connectivity index (χ4v) is 2.23. The summed E-state index contributed by atoms with van der Waals surface area (Å²) in [7, 11) is 0. The van der Waals surface area contributed by atoms with Crippen LogP contribution in [0.25, 0.3) is 0 Å². The topological polar surface area (TPSA) is 49.8 Å². The van der Waals surface area contributed by atoms with Crippen LogP contribution in [0.3, 0.4) is 0 Å². The lowest BCUT2D eigenvalue weighted by Gasteiger charge is -2.12. The first kappa shape index (κ1) is 14.4. The third-order valence-electron chi connectivity index (χ3n) is 3.30. The summed E-state index contributed by atoms with van der Waals surface area (Å²) in [5, 5.41) is 7.40. The molecule has 4 nitrogen and oxygen atoms in total. The molecule has 1 aromatic rings. The van der Waals surface area contributed by atoms with Crippen LogP contribution in [0.1, 0.15) is 44.9 Å². The molecule has 1 heterocycles. The van der Waals surface area contributed by atoms with Crippen molar-refractivity contribution in [2.45, 2.75) is 44.3 Å². The molecule has 2 N–H and O–H groups in total. The summed E-state index contributed by atoms with van der Waals surface area (Å²) in [6.45, 7) is 6.21. The Labute approximate surface area is 120 Å². The summed E-state index contributed by atoms with van der Waals surface area (Å²) in [5.74, 6) is 3.49. The Morgan fingerprint density at radius 3 is 2.58 bits per heavy atom. The molecule has 106 valence electrons. The molecule has 0 spiro atoms. The number of anilines is 2. The maximum atomic E-state index is 4.63. The molecule has 1 aliphatic rings. The summed E-state index contributed by atoms with van der Waals surface area (Å²) < 4.78 is 0. The first-order chi connectivity index (χ1) is 9.22. The second-order valence-electron chi connectivity index (χ2n) is 5.06. The van der Waals surface area contributed by atoms with Crippen LogP contribution in [0.2, 0.25) is 0 Å². The number of rotatable bonds is 8. The van der Waals surface area contributed by atoms with E-state index in [-0.39, 0.29) is 0 Å². The third-order valence-corrected chi connectivity index (χ3v) is 4.34. The van der Waals surface area contributed by atoms with E-state index in [2.05, 4.69) is 40.7 Å². The molecule has 0 saturated heterocycles. The second kappa shape index (κ2) is 6.98. The van der Waals surface area contributed by atoms with Crippen LogP contribution in [-0.4, -0.2) is 34.6 Å². The average Bonchev–Trinajstić information content (AvgIpc) is 3.23. The van der Waals surface area contributed by atoms with Gasteiger partial charge in [0.05, 0.1) is 0 Å². The molecular formula is C14H24N4S. The fraction of sp³-hybridized carbons (Fsp3) is 0.714. The molecule has 1 saturated carbocycles. The predicted molar refractivity (Wildman–Crippen MR) is 84.3 cm³/mol. The fourth-order valence-electron chi connectivity index (χ4n) is 1.87. The Hall–Kier alpha value is -0.970. The van der Waals surface area contributed by atoms with E-state index in [1.807, 2.05) is 17.8 Å². The number of hydrogen-bond acceptors (Lipinski definition) is 5. The Bertz CT molecular complexity index is 406. The van der Waals surface area contributed by atoms with Gasteiger partial charge in [-0.2, -0.15) is 11.8 Å². The minimum atomic E-state index is 0.587. The highest BCUT2D eigenvalue weighted by molar-refractivity contribution is 7.99. The Balaban J connectivity index is 1.97. The highest BCUT2D eigenvalue weighted by atomic mass is 32.2. The predicted octanol–water partition coefficient (Wildman–Crippen LogP) is 3.34. The van der Waals surface area contributed by atoms with Gasteiger partial charge < -0.3 is 10.6 Å². The van der Waals surface area contributed by atoms with E-state index < -0.39 is 0 Å². The van der Waals surface area contributed by atoms with Gasteiger partial charge in [0.25, 0.3) is 0 Å². The zero-order valence-corrected chi connectivity index (χ0v) is 12.9. The largest absolute Gasteiger partial charge is 0.370 e. The van der Waals surface area contributed by atoms with Gasteiger partial charge >= 0.3 is 0 Å².